The fourth-order valence-corrected chi connectivity index (χ4v) is 2.46. The number of amides is 1. The van der Waals surface area contributed by atoms with Gasteiger partial charge in [0.2, 0.25) is 0 Å². The molecule has 1 aliphatic rings. The maximum absolute atomic E-state index is 12.9. The van der Waals surface area contributed by atoms with E-state index >= 15 is 0 Å². The molecule has 1 aromatic rings. The number of halogens is 2. The minimum absolute atomic E-state index is 0.0824. The Balaban J connectivity index is 2.10. The molecule has 1 amide bonds. The zero-order chi connectivity index (χ0) is 13.1. The number of rotatable bonds is 2. The van der Waals surface area contributed by atoms with E-state index in [1.807, 2.05) is 0 Å². The smallest absolute Gasteiger partial charge is 0.253 e. The lowest BCUT2D eigenvalue weighted by Crippen LogP contribution is -2.37. The van der Waals surface area contributed by atoms with Gasteiger partial charge in [0.05, 0.1) is 22.6 Å². The van der Waals surface area contributed by atoms with Crippen molar-refractivity contribution in [1.82, 2.24) is 5.32 Å². The lowest BCUT2D eigenvalue weighted by Gasteiger charge is -2.16. The molecule has 94 valence electrons. The number of hydrogen-bond acceptors (Lipinski definition) is 2. The van der Waals surface area contributed by atoms with E-state index in [9.17, 15) is 9.18 Å². The van der Waals surface area contributed by atoms with Crippen LogP contribution in [-0.2, 0) is 0 Å². The van der Waals surface area contributed by atoms with Crippen LogP contribution in [-0.4, -0.2) is 11.9 Å². The highest BCUT2D eigenvalue weighted by Gasteiger charge is 2.29. The first-order valence-electron chi connectivity index (χ1n) is 5.77. The van der Waals surface area contributed by atoms with Gasteiger partial charge in [0.1, 0.15) is 5.82 Å². The van der Waals surface area contributed by atoms with Crippen LogP contribution in [0.25, 0.3) is 0 Å². The summed E-state index contributed by atoms with van der Waals surface area (Å²) in [6.45, 7) is 0. The first kappa shape index (κ1) is 12.8. The average molecular weight is 267 g/mol. The Morgan fingerprint density at radius 3 is 2.94 bits per heavy atom. The summed E-state index contributed by atoms with van der Waals surface area (Å²) in [5.74, 6) is -0.979. The van der Waals surface area contributed by atoms with Crippen molar-refractivity contribution in [2.24, 2.45) is 5.92 Å². The Morgan fingerprint density at radius 1 is 1.50 bits per heavy atom. The molecule has 0 heterocycles. The summed E-state index contributed by atoms with van der Waals surface area (Å²) in [6, 6.07) is 5.70. The number of nitriles is 1. The topological polar surface area (TPSA) is 52.9 Å². The molecule has 0 radical (unpaired) electrons. The number of nitrogens with one attached hydrogen (secondary N) is 1. The summed E-state index contributed by atoms with van der Waals surface area (Å²) in [5.41, 5.74) is 0.238. The zero-order valence-corrected chi connectivity index (χ0v) is 10.4. The van der Waals surface area contributed by atoms with Gasteiger partial charge < -0.3 is 5.32 Å². The van der Waals surface area contributed by atoms with Crippen LogP contribution in [0.15, 0.2) is 18.2 Å². The van der Waals surface area contributed by atoms with Crippen LogP contribution in [0.1, 0.15) is 29.6 Å². The number of carbonyl (C=O) groups is 1. The summed E-state index contributed by atoms with van der Waals surface area (Å²) in [7, 11) is 0. The van der Waals surface area contributed by atoms with Gasteiger partial charge in [0, 0.05) is 6.04 Å². The van der Waals surface area contributed by atoms with Crippen LogP contribution in [0, 0.1) is 23.1 Å². The van der Waals surface area contributed by atoms with Gasteiger partial charge in [0.25, 0.3) is 5.91 Å². The number of benzene rings is 1. The fourth-order valence-electron chi connectivity index (χ4n) is 2.21. The summed E-state index contributed by atoms with van der Waals surface area (Å²) < 4.78 is 12.9. The molecule has 2 atom stereocenters. The van der Waals surface area contributed by atoms with Gasteiger partial charge in [-0.2, -0.15) is 5.26 Å². The molecule has 5 heteroatoms. The van der Waals surface area contributed by atoms with E-state index in [1.165, 1.54) is 12.1 Å². The third-order valence-electron chi connectivity index (χ3n) is 3.17. The van der Waals surface area contributed by atoms with Crippen molar-refractivity contribution in [2.75, 3.05) is 0 Å². The SMILES string of the molecule is N#CC1CCCC1NC(=O)c1ccc(F)cc1Cl. The number of hydrogen-bond donors (Lipinski definition) is 1. The van der Waals surface area contributed by atoms with Gasteiger partial charge in [0.15, 0.2) is 0 Å². The van der Waals surface area contributed by atoms with E-state index in [4.69, 9.17) is 16.9 Å². The molecule has 1 aromatic carbocycles. The molecular formula is C13H12ClFN2O. The molecule has 1 saturated carbocycles. The lowest BCUT2D eigenvalue weighted by molar-refractivity contribution is 0.0933. The average Bonchev–Trinajstić information content (AvgIpc) is 2.76. The van der Waals surface area contributed by atoms with Gasteiger partial charge in [-0.05, 0) is 37.5 Å². The molecule has 0 aliphatic heterocycles. The lowest BCUT2D eigenvalue weighted by atomic mass is 10.1. The van der Waals surface area contributed by atoms with E-state index in [2.05, 4.69) is 11.4 Å². The second-order valence-corrected chi connectivity index (χ2v) is 4.78. The Morgan fingerprint density at radius 2 is 2.28 bits per heavy atom. The van der Waals surface area contributed by atoms with Crippen LogP contribution < -0.4 is 5.32 Å². The van der Waals surface area contributed by atoms with Gasteiger partial charge in [-0.1, -0.05) is 11.6 Å². The van der Waals surface area contributed by atoms with Crippen LogP contribution in [0.3, 0.4) is 0 Å². The molecule has 1 aliphatic carbocycles. The summed E-state index contributed by atoms with van der Waals surface area (Å²) in [5, 5.41) is 11.8. The maximum atomic E-state index is 12.9. The summed E-state index contributed by atoms with van der Waals surface area (Å²) in [4.78, 5) is 12.0. The van der Waals surface area contributed by atoms with Crippen molar-refractivity contribution < 1.29 is 9.18 Å². The Bertz CT molecular complexity index is 512. The highest BCUT2D eigenvalue weighted by molar-refractivity contribution is 6.33. The van der Waals surface area contributed by atoms with Gasteiger partial charge in [-0.25, -0.2) is 4.39 Å². The molecule has 1 fully saturated rings. The fraction of sp³-hybridized carbons (Fsp3) is 0.385. The van der Waals surface area contributed by atoms with Crippen molar-refractivity contribution in [3.8, 4) is 6.07 Å². The second-order valence-electron chi connectivity index (χ2n) is 4.37. The van der Waals surface area contributed by atoms with Crippen LogP contribution in [0.5, 0.6) is 0 Å². The molecule has 18 heavy (non-hydrogen) atoms. The van der Waals surface area contributed by atoms with Crippen molar-refractivity contribution >= 4 is 17.5 Å². The maximum Gasteiger partial charge on any atom is 0.253 e. The molecule has 0 aromatic heterocycles. The molecule has 1 N–H and O–H groups in total. The minimum Gasteiger partial charge on any atom is -0.348 e. The van der Waals surface area contributed by atoms with Crippen LogP contribution >= 0.6 is 11.6 Å². The van der Waals surface area contributed by atoms with Crippen molar-refractivity contribution in [3.63, 3.8) is 0 Å². The highest BCUT2D eigenvalue weighted by Crippen LogP contribution is 2.26. The van der Waals surface area contributed by atoms with Crippen molar-refractivity contribution in [1.29, 1.82) is 5.26 Å². The van der Waals surface area contributed by atoms with Crippen molar-refractivity contribution in [2.45, 2.75) is 25.3 Å². The first-order valence-corrected chi connectivity index (χ1v) is 6.15. The van der Waals surface area contributed by atoms with Gasteiger partial charge in [-0.3, -0.25) is 4.79 Å². The summed E-state index contributed by atoms with van der Waals surface area (Å²) in [6.07, 6.45) is 2.53. The van der Waals surface area contributed by atoms with E-state index < -0.39 is 5.82 Å². The second kappa shape index (κ2) is 5.36. The quantitative estimate of drug-likeness (QED) is 0.895. The van der Waals surface area contributed by atoms with Crippen LogP contribution in [0.2, 0.25) is 5.02 Å². The zero-order valence-electron chi connectivity index (χ0n) is 9.62. The largest absolute Gasteiger partial charge is 0.348 e. The third-order valence-corrected chi connectivity index (χ3v) is 3.49. The highest BCUT2D eigenvalue weighted by atomic mass is 35.5. The Hall–Kier alpha value is -1.60. The number of carbonyl (C=O) groups excluding carboxylic acids is 1. The Labute approximate surface area is 110 Å². The molecule has 0 saturated heterocycles. The molecule has 0 spiro atoms. The van der Waals surface area contributed by atoms with Crippen LogP contribution in [0.4, 0.5) is 4.39 Å². The third kappa shape index (κ3) is 2.62. The monoisotopic (exact) mass is 266 g/mol. The number of nitrogens with zero attached hydrogens (tertiary/aromatic N) is 1. The standard InChI is InChI=1S/C13H12ClFN2O/c14-11-6-9(15)4-5-10(11)13(18)17-12-3-1-2-8(12)7-16/h4-6,8,12H,1-3H2,(H,17,18). The molecule has 3 nitrogen and oxygen atoms in total. The molecular weight excluding hydrogens is 255 g/mol. The normalized spacial score (nSPS) is 22.5. The molecule has 0 bridgehead atoms. The van der Waals surface area contributed by atoms with E-state index in [0.717, 1.165) is 25.3 Å². The van der Waals surface area contributed by atoms with Gasteiger partial charge >= 0.3 is 0 Å². The summed E-state index contributed by atoms with van der Waals surface area (Å²) >= 11 is 5.81. The predicted octanol–water partition coefficient (Wildman–Crippen LogP) is 2.90. The minimum atomic E-state index is -0.479. The van der Waals surface area contributed by atoms with E-state index in [-0.39, 0.29) is 28.5 Å². The van der Waals surface area contributed by atoms with E-state index in [0.29, 0.717) is 0 Å². The molecule has 2 unspecified atom stereocenters. The van der Waals surface area contributed by atoms with Gasteiger partial charge in [-0.15, -0.1) is 0 Å². The first-order chi connectivity index (χ1) is 8.61. The van der Waals surface area contributed by atoms with Crippen molar-refractivity contribution in [3.05, 3.63) is 34.6 Å². The Kier molecular flexibility index (Phi) is 3.83. The van der Waals surface area contributed by atoms with E-state index in [1.54, 1.807) is 0 Å². The predicted molar refractivity (Wildman–Crippen MR) is 65.6 cm³/mol. The molecule has 2 rings (SSSR count).